The van der Waals surface area contributed by atoms with Gasteiger partial charge >= 0.3 is 0 Å². The lowest BCUT2D eigenvalue weighted by molar-refractivity contribution is 0.392. The third kappa shape index (κ3) is 3.31. The lowest BCUT2D eigenvalue weighted by Gasteiger charge is -2.30. The number of rotatable bonds is 1. The molecule has 0 radical (unpaired) electrons. The molecule has 2 heterocycles. The Hall–Kier alpha value is -5.34. The van der Waals surface area contributed by atoms with E-state index < -0.39 is 0 Å². The standard InChI is InChI=1S/C42H29NO/c1-2-13-29-27(11-1)28-12-3-5-15-31(28)36-23-26(21-22-33(29)36)43-39-19-9-7-17-34(39)37-25-42-38(24-40(37)43)32-16-6-4-14-30(32)35-18-8-10-20-41(35)44-42/h1-18,20-24,37,39H,19,25H2. The maximum atomic E-state index is 6.79. The third-order valence-electron chi connectivity index (χ3n) is 10.1. The first kappa shape index (κ1) is 24.1. The smallest absolute Gasteiger partial charge is 0.134 e. The number of allylic oxidation sites excluding steroid dienone is 6. The van der Waals surface area contributed by atoms with Gasteiger partial charge in [-0.2, -0.15) is 0 Å². The van der Waals surface area contributed by atoms with E-state index in [1.165, 1.54) is 66.0 Å². The number of hydrogen-bond donors (Lipinski definition) is 0. The van der Waals surface area contributed by atoms with Crippen molar-refractivity contribution >= 4 is 43.6 Å². The summed E-state index contributed by atoms with van der Waals surface area (Å²) in [5.41, 5.74) is 8.96. The van der Waals surface area contributed by atoms with Crippen LogP contribution in [0.4, 0.5) is 5.69 Å². The van der Waals surface area contributed by atoms with Crippen molar-refractivity contribution in [3.63, 3.8) is 0 Å². The molecule has 208 valence electrons. The zero-order valence-electron chi connectivity index (χ0n) is 24.2. The second kappa shape index (κ2) is 9.08. The molecule has 2 atom stereocenters. The first-order valence-electron chi connectivity index (χ1n) is 15.6. The minimum Gasteiger partial charge on any atom is -0.460 e. The van der Waals surface area contributed by atoms with Crippen LogP contribution >= 0.6 is 0 Å². The summed E-state index contributed by atoms with van der Waals surface area (Å²) in [7, 11) is 0. The van der Waals surface area contributed by atoms with Gasteiger partial charge in [0.1, 0.15) is 11.5 Å². The van der Waals surface area contributed by atoms with Crippen molar-refractivity contribution in [3.05, 3.63) is 162 Å². The molecule has 0 spiro atoms. The van der Waals surface area contributed by atoms with E-state index in [0.717, 1.165) is 29.9 Å². The molecule has 0 aromatic heterocycles. The fraction of sp³-hybridized carbons (Fsp3) is 0.0952. The van der Waals surface area contributed by atoms with E-state index in [1.807, 2.05) is 0 Å². The molecule has 0 amide bonds. The molecule has 6 aromatic carbocycles. The van der Waals surface area contributed by atoms with Gasteiger partial charge in [0.25, 0.3) is 0 Å². The molecule has 6 aromatic rings. The van der Waals surface area contributed by atoms with E-state index in [4.69, 9.17) is 4.74 Å². The van der Waals surface area contributed by atoms with Gasteiger partial charge in [0.2, 0.25) is 0 Å². The normalized spacial score (nSPS) is 19.9. The number of anilines is 1. The van der Waals surface area contributed by atoms with Crippen LogP contribution in [0.3, 0.4) is 0 Å². The largest absolute Gasteiger partial charge is 0.460 e. The molecule has 10 rings (SSSR count). The number of ether oxygens (including phenoxy) is 1. The first-order chi connectivity index (χ1) is 21.8. The topological polar surface area (TPSA) is 12.5 Å². The summed E-state index contributed by atoms with van der Waals surface area (Å²) in [4.78, 5) is 2.63. The molecule has 0 saturated carbocycles. The first-order valence-corrected chi connectivity index (χ1v) is 15.6. The van der Waals surface area contributed by atoms with Crippen LogP contribution in [-0.4, -0.2) is 6.04 Å². The van der Waals surface area contributed by atoms with Crippen molar-refractivity contribution in [2.24, 2.45) is 5.92 Å². The van der Waals surface area contributed by atoms with Crippen LogP contribution in [0.2, 0.25) is 0 Å². The van der Waals surface area contributed by atoms with Gasteiger partial charge in [0.15, 0.2) is 0 Å². The van der Waals surface area contributed by atoms with E-state index >= 15 is 0 Å². The van der Waals surface area contributed by atoms with E-state index in [-0.39, 0.29) is 5.92 Å². The van der Waals surface area contributed by atoms with Crippen molar-refractivity contribution in [1.82, 2.24) is 0 Å². The van der Waals surface area contributed by atoms with Crippen LogP contribution < -0.4 is 9.64 Å². The highest BCUT2D eigenvalue weighted by molar-refractivity contribution is 6.25. The molecule has 44 heavy (non-hydrogen) atoms. The highest BCUT2D eigenvalue weighted by Gasteiger charge is 2.44. The molecule has 1 saturated heterocycles. The summed E-state index contributed by atoms with van der Waals surface area (Å²) < 4.78 is 6.79. The highest BCUT2D eigenvalue weighted by Crippen LogP contribution is 2.53. The van der Waals surface area contributed by atoms with Gasteiger partial charge in [-0.05, 0) is 79.7 Å². The fourth-order valence-electron chi connectivity index (χ4n) is 8.23. The Balaban J connectivity index is 1.20. The Morgan fingerprint density at radius 2 is 1.25 bits per heavy atom. The molecular weight excluding hydrogens is 534 g/mol. The van der Waals surface area contributed by atoms with Crippen molar-refractivity contribution in [2.45, 2.75) is 18.9 Å². The number of para-hydroxylation sites is 1. The van der Waals surface area contributed by atoms with Crippen LogP contribution in [-0.2, 0) is 0 Å². The minimum atomic E-state index is 0.283. The molecule has 2 unspecified atom stereocenters. The van der Waals surface area contributed by atoms with Crippen molar-refractivity contribution in [3.8, 4) is 16.9 Å². The maximum Gasteiger partial charge on any atom is 0.134 e. The number of nitrogens with zero attached hydrogens (tertiary/aromatic N) is 1. The van der Waals surface area contributed by atoms with Crippen LogP contribution in [0.5, 0.6) is 5.75 Å². The Labute approximate surface area is 256 Å². The van der Waals surface area contributed by atoms with Gasteiger partial charge in [-0.1, -0.05) is 115 Å². The SMILES string of the molecule is C1=CCC2C(=C1)C1CC3=C(C=C1N2c1ccc2c4ccccc4c4ccccc4c2c1)c1ccccc1-c1ccccc1O3. The van der Waals surface area contributed by atoms with E-state index in [1.54, 1.807) is 0 Å². The summed E-state index contributed by atoms with van der Waals surface area (Å²) in [6.07, 6.45) is 11.2. The molecule has 0 bridgehead atoms. The highest BCUT2D eigenvalue weighted by atomic mass is 16.5. The molecule has 1 fully saturated rings. The predicted octanol–water partition coefficient (Wildman–Crippen LogP) is 10.6. The summed E-state index contributed by atoms with van der Waals surface area (Å²) in [6.45, 7) is 0. The molecule has 4 aliphatic rings. The van der Waals surface area contributed by atoms with Gasteiger partial charge in [-0.3, -0.25) is 0 Å². The molecule has 0 N–H and O–H groups in total. The molecular formula is C42H29NO. The van der Waals surface area contributed by atoms with Crippen LogP contribution in [0.15, 0.2) is 157 Å². The second-order valence-corrected chi connectivity index (χ2v) is 12.3. The maximum absolute atomic E-state index is 6.79. The average Bonchev–Trinajstić information content (AvgIpc) is 3.33. The number of hydrogen-bond acceptors (Lipinski definition) is 2. The Morgan fingerprint density at radius 1 is 0.614 bits per heavy atom. The zero-order chi connectivity index (χ0) is 28.8. The van der Waals surface area contributed by atoms with Crippen LogP contribution in [0.25, 0.3) is 49.0 Å². The summed E-state index contributed by atoms with van der Waals surface area (Å²) in [6, 6.07) is 42.4. The zero-order valence-corrected chi connectivity index (χ0v) is 24.2. The second-order valence-electron chi connectivity index (χ2n) is 12.3. The molecule has 2 aliphatic heterocycles. The Kier molecular flexibility index (Phi) is 4.98. The van der Waals surface area contributed by atoms with Gasteiger partial charge in [0.05, 0.1) is 6.04 Å². The van der Waals surface area contributed by atoms with Crippen LogP contribution in [0.1, 0.15) is 18.4 Å². The molecule has 2 nitrogen and oxygen atoms in total. The molecule has 2 aliphatic carbocycles. The monoisotopic (exact) mass is 563 g/mol. The van der Waals surface area contributed by atoms with E-state index in [9.17, 15) is 0 Å². The predicted molar refractivity (Wildman–Crippen MR) is 183 cm³/mol. The van der Waals surface area contributed by atoms with Gasteiger partial charge < -0.3 is 9.64 Å². The summed E-state index contributed by atoms with van der Waals surface area (Å²) in [5, 5.41) is 7.87. The lowest BCUT2D eigenvalue weighted by atomic mass is 9.83. The summed E-state index contributed by atoms with van der Waals surface area (Å²) >= 11 is 0. The van der Waals surface area contributed by atoms with Gasteiger partial charge in [0, 0.05) is 34.9 Å². The summed E-state index contributed by atoms with van der Waals surface area (Å²) in [5.74, 6) is 2.30. The quantitative estimate of drug-likeness (QED) is 0.185. The van der Waals surface area contributed by atoms with Crippen LogP contribution in [0, 0.1) is 5.92 Å². The van der Waals surface area contributed by atoms with Crippen molar-refractivity contribution < 1.29 is 4.74 Å². The number of benzene rings is 6. The Morgan fingerprint density at radius 3 is 2.02 bits per heavy atom. The third-order valence-corrected chi connectivity index (χ3v) is 10.1. The van der Waals surface area contributed by atoms with Crippen molar-refractivity contribution in [1.29, 1.82) is 0 Å². The molecule has 2 heteroatoms. The van der Waals surface area contributed by atoms with E-state index in [2.05, 4.69) is 144 Å². The van der Waals surface area contributed by atoms with E-state index in [0.29, 0.717) is 6.04 Å². The fourth-order valence-corrected chi connectivity index (χ4v) is 8.23. The van der Waals surface area contributed by atoms with Gasteiger partial charge in [-0.25, -0.2) is 0 Å². The average molecular weight is 564 g/mol. The van der Waals surface area contributed by atoms with Gasteiger partial charge in [-0.15, -0.1) is 0 Å². The number of fused-ring (bicyclic) bond motifs is 13. The minimum absolute atomic E-state index is 0.283. The Bertz CT molecular complexity index is 2300. The lowest BCUT2D eigenvalue weighted by Crippen LogP contribution is -2.29. The van der Waals surface area contributed by atoms with Crippen molar-refractivity contribution in [2.75, 3.05) is 4.90 Å².